The lowest BCUT2D eigenvalue weighted by Crippen LogP contribution is -1.96. The molecule has 1 rings (SSSR count). The number of unbranched alkanes of at least 4 members (excludes halogenated alkanes) is 1. The minimum atomic E-state index is -0.329. The van der Waals surface area contributed by atoms with E-state index in [1.165, 1.54) is 0 Å². The fraction of sp³-hybridized carbons (Fsp3) is 0.455. The molecular formula is C11H15ClO. The van der Waals surface area contributed by atoms with Gasteiger partial charge in [0.25, 0.3) is 0 Å². The number of hydrogen-bond acceptors (Lipinski definition) is 1. The van der Waals surface area contributed by atoms with E-state index in [0.29, 0.717) is 5.88 Å². The van der Waals surface area contributed by atoms with E-state index in [2.05, 4.69) is 0 Å². The molecule has 0 saturated carbocycles. The maximum atomic E-state index is 9.70. The summed E-state index contributed by atoms with van der Waals surface area (Å²) in [5.41, 5.74) is 0.997. The van der Waals surface area contributed by atoms with Crippen LogP contribution in [0.15, 0.2) is 30.3 Å². The molecule has 13 heavy (non-hydrogen) atoms. The molecule has 72 valence electrons. The summed E-state index contributed by atoms with van der Waals surface area (Å²) in [6.07, 6.45) is 2.44. The van der Waals surface area contributed by atoms with Crippen LogP contribution in [0, 0.1) is 0 Å². The van der Waals surface area contributed by atoms with Crippen LogP contribution in [0.5, 0.6) is 0 Å². The Kier molecular flexibility index (Phi) is 4.87. The Balaban J connectivity index is 2.35. The van der Waals surface area contributed by atoms with E-state index in [0.717, 1.165) is 24.8 Å². The summed E-state index contributed by atoms with van der Waals surface area (Å²) in [4.78, 5) is 0. The summed E-state index contributed by atoms with van der Waals surface area (Å²) >= 11 is 5.55. The fourth-order valence-electron chi connectivity index (χ4n) is 1.27. The monoisotopic (exact) mass is 198 g/mol. The third-order valence-electron chi connectivity index (χ3n) is 2.05. The average molecular weight is 199 g/mol. The average Bonchev–Trinajstić information content (AvgIpc) is 2.19. The fourth-order valence-corrected chi connectivity index (χ4v) is 1.46. The van der Waals surface area contributed by atoms with Crippen LogP contribution in [0.2, 0.25) is 0 Å². The van der Waals surface area contributed by atoms with E-state index in [-0.39, 0.29) is 6.10 Å². The van der Waals surface area contributed by atoms with Crippen molar-refractivity contribution in [2.24, 2.45) is 0 Å². The number of halogens is 1. The highest BCUT2D eigenvalue weighted by Crippen LogP contribution is 2.18. The van der Waals surface area contributed by atoms with Gasteiger partial charge in [0, 0.05) is 5.88 Å². The van der Waals surface area contributed by atoms with Gasteiger partial charge in [-0.3, -0.25) is 0 Å². The molecule has 1 unspecified atom stereocenters. The maximum Gasteiger partial charge on any atom is 0.0790 e. The summed E-state index contributed by atoms with van der Waals surface area (Å²) in [6.45, 7) is 0. The van der Waals surface area contributed by atoms with Crippen LogP contribution in [-0.4, -0.2) is 11.0 Å². The van der Waals surface area contributed by atoms with Crippen molar-refractivity contribution in [3.63, 3.8) is 0 Å². The van der Waals surface area contributed by atoms with E-state index in [1.807, 2.05) is 30.3 Å². The maximum absolute atomic E-state index is 9.70. The molecule has 1 nitrogen and oxygen atoms in total. The van der Waals surface area contributed by atoms with Gasteiger partial charge in [-0.25, -0.2) is 0 Å². The first kappa shape index (κ1) is 10.6. The number of hydrogen-bond donors (Lipinski definition) is 1. The van der Waals surface area contributed by atoms with Crippen molar-refractivity contribution in [3.8, 4) is 0 Å². The van der Waals surface area contributed by atoms with Crippen LogP contribution in [0.4, 0.5) is 0 Å². The predicted octanol–water partition coefficient (Wildman–Crippen LogP) is 3.13. The Bertz CT molecular complexity index is 223. The Labute approximate surface area is 84.4 Å². The minimum Gasteiger partial charge on any atom is -0.388 e. The second kappa shape index (κ2) is 6.01. The number of rotatable bonds is 5. The molecule has 0 radical (unpaired) electrons. The summed E-state index contributed by atoms with van der Waals surface area (Å²) in [6, 6.07) is 9.74. The quantitative estimate of drug-likeness (QED) is 0.570. The zero-order chi connectivity index (χ0) is 9.52. The number of alkyl halides is 1. The molecule has 0 heterocycles. The van der Waals surface area contributed by atoms with Crippen LogP contribution in [0.3, 0.4) is 0 Å². The van der Waals surface area contributed by atoms with Gasteiger partial charge in [0.2, 0.25) is 0 Å². The van der Waals surface area contributed by atoms with Crippen molar-refractivity contribution < 1.29 is 5.11 Å². The lowest BCUT2D eigenvalue weighted by atomic mass is 10.0. The first-order valence-corrected chi connectivity index (χ1v) is 5.17. The van der Waals surface area contributed by atoms with Crippen LogP contribution in [0.25, 0.3) is 0 Å². The van der Waals surface area contributed by atoms with Gasteiger partial charge in [-0.1, -0.05) is 30.3 Å². The normalized spacial score (nSPS) is 12.8. The predicted molar refractivity (Wildman–Crippen MR) is 56.0 cm³/mol. The molecule has 1 N–H and O–H groups in total. The van der Waals surface area contributed by atoms with Crippen molar-refractivity contribution in [1.29, 1.82) is 0 Å². The molecule has 0 aliphatic rings. The second-order valence-electron chi connectivity index (χ2n) is 3.11. The highest BCUT2D eigenvalue weighted by atomic mass is 35.5. The van der Waals surface area contributed by atoms with Crippen molar-refractivity contribution in [2.45, 2.75) is 25.4 Å². The summed E-state index contributed by atoms with van der Waals surface area (Å²) in [5.74, 6) is 0.682. The Morgan fingerprint density at radius 1 is 1.15 bits per heavy atom. The van der Waals surface area contributed by atoms with E-state index in [4.69, 9.17) is 11.6 Å². The van der Waals surface area contributed by atoms with Crippen molar-refractivity contribution >= 4 is 11.6 Å². The van der Waals surface area contributed by atoms with E-state index < -0.39 is 0 Å². The van der Waals surface area contributed by atoms with Crippen LogP contribution < -0.4 is 0 Å². The van der Waals surface area contributed by atoms with Crippen LogP contribution in [0.1, 0.15) is 30.9 Å². The molecule has 1 aromatic rings. The number of aliphatic hydroxyl groups is 1. The van der Waals surface area contributed by atoms with Crippen molar-refractivity contribution in [1.82, 2.24) is 0 Å². The van der Waals surface area contributed by atoms with Gasteiger partial charge in [-0.15, -0.1) is 11.6 Å². The molecule has 0 bridgehead atoms. The minimum absolute atomic E-state index is 0.329. The summed E-state index contributed by atoms with van der Waals surface area (Å²) in [7, 11) is 0. The van der Waals surface area contributed by atoms with Crippen molar-refractivity contribution in [2.75, 3.05) is 5.88 Å². The highest BCUT2D eigenvalue weighted by Gasteiger charge is 2.05. The molecule has 0 aliphatic carbocycles. The Morgan fingerprint density at radius 2 is 1.85 bits per heavy atom. The topological polar surface area (TPSA) is 20.2 Å². The van der Waals surface area contributed by atoms with Gasteiger partial charge in [0.05, 0.1) is 6.10 Å². The van der Waals surface area contributed by atoms with Crippen molar-refractivity contribution in [3.05, 3.63) is 35.9 Å². The third kappa shape index (κ3) is 3.79. The first-order valence-electron chi connectivity index (χ1n) is 4.63. The SMILES string of the molecule is OC(CCCCCl)c1ccccc1. The lowest BCUT2D eigenvalue weighted by Gasteiger charge is -2.09. The van der Waals surface area contributed by atoms with E-state index in [1.54, 1.807) is 0 Å². The Morgan fingerprint density at radius 3 is 2.46 bits per heavy atom. The third-order valence-corrected chi connectivity index (χ3v) is 2.31. The summed E-state index contributed by atoms with van der Waals surface area (Å²) in [5, 5.41) is 9.70. The molecule has 0 amide bonds. The molecule has 0 aliphatic heterocycles. The highest BCUT2D eigenvalue weighted by molar-refractivity contribution is 6.17. The molecule has 1 atom stereocenters. The molecule has 0 aromatic heterocycles. The van der Waals surface area contributed by atoms with Gasteiger partial charge in [-0.05, 0) is 24.8 Å². The van der Waals surface area contributed by atoms with Gasteiger partial charge in [0.15, 0.2) is 0 Å². The summed E-state index contributed by atoms with van der Waals surface area (Å²) < 4.78 is 0. The largest absolute Gasteiger partial charge is 0.388 e. The lowest BCUT2D eigenvalue weighted by molar-refractivity contribution is 0.164. The van der Waals surface area contributed by atoms with Gasteiger partial charge in [-0.2, -0.15) is 0 Å². The smallest absolute Gasteiger partial charge is 0.0790 e. The Hall–Kier alpha value is -0.530. The molecule has 1 aromatic carbocycles. The van der Waals surface area contributed by atoms with Crippen LogP contribution in [-0.2, 0) is 0 Å². The standard InChI is InChI=1S/C11H15ClO/c12-9-5-4-8-11(13)10-6-2-1-3-7-10/h1-3,6-7,11,13H,4-5,8-9H2. The van der Waals surface area contributed by atoms with Gasteiger partial charge in [0.1, 0.15) is 0 Å². The molecule has 2 heteroatoms. The second-order valence-corrected chi connectivity index (χ2v) is 3.49. The number of benzene rings is 1. The molecular weight excluding hydrogens is 184 g/mol. The number of aliphatic hydroxyl groups excluding tert-OH is 1. The van der Waals surface area contributed by atoms with Crippen LogP contribution >= 0.6 is 11.6 Å². The molecule has 0 spiro atoms. The molecule has 0 fully saturated rings. The van der Waals surface area contributed by atoms with E-state index >= 15 is 0 Å². The molecule has 0 saturated heterocycles. The zero-order valence-corrected chi connectivity index (χ0v) is 8.37. The van der Waals surface area contributed by atoms with E-state index in [9.17, 15) is 5.11 Å². The van der Waals surface area contributed by atoms with Gasteiger partial charge >= 0.3 is 0 Å². The van der Waals surface area contributed by atoms with Gasteiger partial charge < -0.3 is 5.11 Å². The first-order chi connectivity index (χ1) is 6.34. The zero-order valence-electron chi connectivity index (χ0n) is 7.62.